The maximum absolute atomic E-state index is 11.4. The number of hydrogen-bond donors (Lipinski definition) is 2. The fourth-order valence-electron chi connectivity index (χ4n) is 2.33. The fraction of sp³-hybridized carbons (Fsp3) is 0.611. The van der Waals surface area contributed by atoms with Gasteiger partial charge in [-0.1, -0.05) is 38.8 Å². The van der Waals surface area contributed by atoms with E-state index in [0.29, 0.717) is 4.90 Å². The summed E-state index contributed by atoms with van der Waals surface area (Å²) in [5.74, 6) is 1.57. The molecule has 0 aromatic heterocycles. The van der Waals surface area contributed by atoms with Crippen LogP contribution in [-0.2, 0) is 16.3 Å². The number of benzene rings is 1. The van der Waals surface area contributed by atoms with Crippen molar-refractivity contribution in [2.45, 2.75) is 44.4 Å². The first-order chi connectivity index (χ1) is 11.3. The molecule has 2 N–H and O–H groups in total. The van der Waals surface area contributed by atoms with Crippen LogP contribution < -0.4 is 10.6 Å². The van der Waals surface area contributed by atoms with Gasteiger partial charge in [0.05, 0.1) is 4.90 Å². The average Bonchev–Trinajstić information content (AvgIpc) is 2.52. The van der Waals surface area contributed by atoms with E-state index in [0.717, 1.165) is 43.4 Å². The van der Waals surface area contributed by atoms with E-state index in [2.05, 4.69) is 29.5 Å². The molecule has 144 valence electrons. The molecule has 0 fully saturated rings. The Bertz CT molecular complexity index is 614. The summed E-state index contributed by atoms with van der Waals surface area (Å²) >= 11 is 0. The largest absolute Gasteiger partial charge is 0.356 e. The van der Waals surface area contributed by atoms with Crippen molar-refractivity contribution in [2.24, 2.45) is 10.9 Å². The Balaban J connectivity index is 0.00000576. The van der Waals surface area contributed by atoms with Gasteiger partial charge in [0, 0.05) is 26.4 Å². The van der Waals surface area contributed by atoms with Crippen molar-refractivity contribution in [1.82, 2.24) is 10.6 Å². The van der Waals surface area contributed by atoms with Crippen molar-refractivity contribution in [2.75, 3.05) is 26.4 Å². The first-order valence-corrected chi connectivity index (χ1v) is 10.5. The fourth-order valence-corrected chi connectivity index (χ4v) is 2.96. The second-order valence-corrected chi connectivity index (χ2v) is 8.50. The quantitative estimate of drug-likeness (QED) is 0.246. The number of hydrogen-bond acceptors (Lipinski definition) is 3. The Hall–Kier alpha value is -0.830. The lowest BCUT2D eigenvalue weighted by atomic mass is 10.1. The molecule has 0 saturated carbocycles. The zero-order chi connectivity index (χ0) is 18.0. The van der Waals surface area contributed by atoms with Gasteiger partial charge in [0.2, 0.25) is 0 Å². The molecule has 0 saturated heterocycles. The standard InChI is InChI=1S/C18H31N3O2S.HI/c1-15(2)7-5-6-13-20-18(19-3)21-14-12-16-8-10-17(11-9-16)24(4,22)23;/h8-11,15H,5-7,12-14H2,1-4H3,(H2,19,20,21);1H. The lowest BCUT2D eigenvalue weighted by Gasteiger charge is -2.12. The van der Waals surface area contributed by atoms with Gasteiger partial charge in [-0.25, -0.2) is 8.42 Å². The van der Waals surface area contributed by atoms with Crippen molar-refractivity contribution < 1.29 is 8.42 Å². The highest BCUT2D eigenvalue weighted by Gasteiger charge is 2.06. The number of nitrogens with zero attached hydrogens (tertiary/aromatic N) is 1. The van der Waals surface area contributed by atoms with Gasteiger partial charge in [0.15, 0.2) is 15.8 Å². The van der Waals surface area contributed by atoms with E-state index in [-0.39, 0.29) is 24.0 Å². The predicted molar refractivity (Wildman–Crippen MR) is 117 cm³/mol. The molecule has 5 nitrogen and oxygen atoms in total. The van der Waals surface area contributed by atoms with E-state index >= 15 is 0 Å². The minimum atomic E-state index is -3.12. The summed E-state index contributed by atoms with van der Waals surface area (Å²) in [7, 11) is -1.35. The summed E-state index contributed by atoms with van der Waals surface area (Å²) in [5.41, 5.74) is 1.10. The van der Waals surface area contributed by atoms with Gasteiger partial charge >= 0.3 is 0 Å². The van der Waals surface area contributed by atoms with E-state index in [1.807, 2.05) is 12.1 Å². The minimum absolute atomic E-state index is 0. The molecule has 25 heavy (non-hydrogen) atoms. The van der Waals surface area contributed by atoms with E-state index in [4.69, 9.17) is 0 Å². The molecular formula is C18H32IN3O2S. The minimum Gasteiger partial charge on any atom is -0.356 e. The van der Waals surface area contributed by atoms with E-state index in [9.17, 15) is 8.42 Å². The van der Waals surface area contributed by atoms with Crippen LogP contribution in [0.2, 0.25) is 0 Å². The first-order valence-electron chi connectivity index (χ1n) is 8.56. The van der Waals surface area contributed by atoms with Gasteiger partial charge in [-0.3, -0.25) is 4.99 Å². The highest BCUT2D eigenvalue weighted by atomic mass is 127. The maximum Gasteiger partial charge on any atom is 0.190 e. The molecule has 1 aromatic carbocycles. The summed E-state index contributed by atoms with van der Waals surface area (Å²) in [5, 5.41) is 6.60. The number of aliphatic imine (C=N–C) groups is 1. The number of sulfone groups is 1. The van der Waals surface area contributed by atoms with Crippen LogP contribution in [0.3, 0.4) is 0 Å². The average molecular weight is 481 g/mol. The van der Waals surface area contributed by atoms with Gasteiger partial charge in [-0.15, -0.1) is 24.0 Å². The summed E-state index contributed by atoms with van der Waals surface area (Å²) in [6.07, 6.45) is 5.68. The normalized spacial score (nSPS) is 12.0. The molecule has 0 radical (unpaired) electrons. The Morgan fingerprint density at radius 1 is 1.08 bits per heavy atom. The van der Waals surface area contributed by atoms with Crippen LogP contribution in [0.1, 0.15) is 38.7 Å². The molecule has 0 aliphatic rings. The van der Waals surface area contributed by atoms with Crippen LogP contribution in [0, 0.1) is 5.92 Å². The van der Waals surface area contributed by atoms with Crippen LogP contribution in [0.15, 0.2) is 34.2 Å². The van der Waals surface area contributed by atoms with Gasteiger partial charge < -0.3 is 10.6 Å². The maximum atomic E-state index is 11.4. The van der Waals surface area contributed by atoms with Crippen molar-refractivity contribution >= 4 is 39.8 Å². The first kappa shape index (κ1) is 24.2. The summed E-state index contributed by atoms with van der Waals surface area (Å²) in [6.45, 7) is 6.17. The van der Waals surface area contributed by atoms with E-state index in [1.54, 1.807) is 19.2 Å². The Labute approximate surface area is 170 Å². The lowest BCUT2D eigenvalue weighted by Crippen LogP contribution is -2.38. The second-order valence-electron chi connectivity index (χ2n) is 6.48. The molecule has 0 bridgehead atoms. The molecule has 0 amide bonds. The van der Waals surface area contributed by atoms with Crippen LogP contribution >= 0.6 is 24.0 Å². The van der Waals surface area contributed by atoms with Crippen molar-refractivity contribution in [1.29, 1.82) is 0 Å². The third kappa shape index (κ3) is 10.7. The zero-order valence-electron chi connectivity index (χ0n) is 15.7. The lowest BCUT2D eigenvalue weighted by molar-refractivity contribution is 0.534. The van der Waals surface area contributed by atoms with Gasteiger partial charge in [0.1, 0.15) is 0 Å². The second kappa shape index (κ2) is 12.5. The molecular weight excluding hydrogens is 449 g/mol. The molecule has 0 aliphatic carbocycles. The molecule has 0 heterocycles. The topological polar surface area (TPSA) is 70.6 Å². The molecule has 0 spiro atoms. The summed E-state index contributed by atoms with van der Waals surface area (Å²) < 4.78 is 22.9. The SMILES string of the molecule is CN=C(NCCCCC(C)C)NCCc1ccc(S(C)(=O)=O)cc1.I. The molecule has 7 heteroatoms. The van der Waals surface area contributed by atoms with Crippen LogP contribution in [0.25, 0.3) is 0 Å². The Kier molecular flexibility index (Phi) is 12.1. The summed E-state index contributed by atoms with van der Waals surface area (Å²) in [6, 6.07) is 7.04. The number of rotatable bonds is 9. The van der Waals surface area contributed by atoms with Crippen LogP contribution in [0.5, 0.6) is 0 Å². The van der Waals surface area contributed by atoms with Gasteiger partial charge in [-0.05, 0) is 36.5 Å². The smallest absolute Gasteiger partial charge is 0.190 e. The zero-order valence-corrected chi connectivity index (χ0v) is 18.9. The third-order valence-electron chi connectivity index (χ3n) is 3.78. The molecule has 0 unspecified atom stereocenters. The predicted octanol–water partition coefficient (Wildman–Crippen LogP) is 3.24. The van der Waals surface area contributed by atoms with Crippen molar-refractivity contribution in [3.05, 3.63) is 29.8 Å². The van der Waals surface area contributed by atoms with Crippen LogP contribution in [-0.4, -0.2) is 40.8 Å². The monoisotopic (exact) mass is 481 g/mol. The van der Waals surface area contributed by atoms with Gasteiger partial charge in [0.25, 0.3) is 0 Å². The van der Waals surface area contributed by atoms with Crippen molar-refractivity contribution in [3.8, 4) is 0 Å². The number of guanidine groups is 1. The van der Waals surface area contributed by atoms with Crippen LogP contribution in [0.4, 0.5) is 0 Å². The summed E-state index contributed by atoms with van der Waals surface area (Å²) in [4.78, 5) is 4.57. The number of nitrogens with one attached hydrogen (secondary N) is 2. The third-order valence-corrected chi connectivity index (χ3v) is 4.91. The highest BCUT2D eigenvalue weighted by molar-refractivity contribution is 14.0. The molecule has 0 atom stereocenters. The van der Waals surface area contributed by atoms with Gasteiger partial charge in [-0.2, -0.15) is 0 Å². The molecule has 0 aliphatic heterocycles. The molecule has 1 rings (SSSR count). The molecule has 1 aromatic rings. The van der Waals surface area contributed by atoms with Crippen molar-refractivity contribution in [3.63, 3.8) is 0 Å². The van der Waals surface area contributed by atoms with E-state index in [1.165, 1.54) is 19.1 Å². The van der Waals surface area contributed by atoms with E-state index < -0.39 is 9.84 Å². The number of unbranched alkanes of at least 4 members (excludes halogenated alkanes) is 1. The number of halogens is 1. The highest BCUT2D eigenvalue weighted by Crippen LogP contribution is 2.10. The Morgan fingerprint density at radius 2 is 1.68 bits per heavy atom. The Morgan fingerprint density at radius 3 is 2.20 bits per heavy atom.